The van der Waals surface area contributed by atoms with Crippen LogP contribution < -0.4 is 0 Å². The van der Waals surface area contributed by atoms with Crippen molar-refractivity contribution >= 4 is 28.6 Å². The second kappa shape index (κ2) is 5.89. The molecule has 3 rings (SSSR count). The molecule has 1 aromatic heterocycles. The minimum absolute atomic E-state index is 0.710. The van der Waals surface area contributed by atoms with E-state index in [0.717, 1.165) is 16.6 Å². The number of aromatic nitrogens is 1. The summed E-state index contributed by atoms with van der Waals surface area (Å²) in [5.41, 5.74) is 3.01. The van der Waals surface area contributed by atoms with E-state index in [1.807, 2.05) is 54.6 Å². The van der Waals surface area contributed by atoms with E-state index in [1.54, 1.807) is 0 Å². The number of nitrogens with zero attached hydrogens (tertiary/aromatic N) is 1. The normalized spacial score (nSPS) is 11.2. The summed E-state index contributed by atoms with van der Waals surface area (Å²) in [4.78, 5) is 4.58. The average Bonchev–Trinajstić information content (AvgIpc) is 2.48. The Hall–Kier alpha value is -2.12. The molecule has 2 aromatic carbocycles. The van der Waals surface area contributed by atoms with Gasteiger partial charge in [0.25, 0.3) is 0 Å². The molecule has 0 aliphatic heterocycles. The van der Waals surface area contributed by atoms with Gasteiger partial charge < -0.3 is 0 Å². The highest BCUT2D eigenvalue weighted by atomic mass is 35.5. The van der Waals surface area contributed by atoms with E-state index in [4.69, 9.17) is 11.6 Å². The molecule has 1 nitrogen and oxygen atoms in total. The van der Waals surface area contributed by atoms with Crippen LogP contribution in [0.5, 0.6) is 0 Å². The Kier molecular flexibility index (Phi) is 3.80. The summed E-state index contributed by atoms with van der Waals surface area (Å²) in [5.74, 6) is 0. The first-order chi connectivity index (χ1) is 9.81. The maximum atomic E-state index is 5.99. The summed E-state index contributed by atoms with van der Waals surface area (Å²) in [6, 6.07) is 20.0. The SMILES string of the molecule is Clc1ccc2ccc(/C=C/[CH]c3ccccc3)nc2c1. The number of pyridine rings is 1. The Morgan fingerprint density at radius 2 is 1.70 bits per heavy atom. The van der Waals surface area contributed by atoms with Crippen molar-refractivity contribution in [3.63, 3.8) is 0 Å². The highest BCUT2D eigenvalue weighted by molar-refractivity contribution is 6.31. The number of allylic oxidation sites excluding steroid dienone is 1. The van der Waals surface area contributed by atoms with Crippen LogP contribution in [0, 0.1) is 6.42 Å². The molecule has 0 aliphatic carbocycles. The number of hydrogen-bond acceptors (Lipinski definition) is 1. The van der Waals surface area contributed by atoms with Crippen molar-refractivity contribution in [1.82, 2.24) is 4.98 Å². The molecule has 0 aliphatic rings. The summed E-state index contributed by atoms with van der Waals surface area (Å²) >= 11 is 5.99. The Labute approximate surface area is 123 Å². The van der Waals surface area contributed by atoms with E-state index in [0.29, 0.717) is 5.02 Å². The van der Waals surface area contributed by atoms with Crippen LogP contribution in [-0.4, -0.2) is 4.98 Å². The van der Waals surface area contributed by atoms with Gasteiger partial charge in [0.15, 0.2) is 0 Å². The van der Waals surface area contributed by atoms with E-state index < -0.39 is 0 Å². The monoisotopic (exact) mass is 278 g/mol. The maximum absolute atomic E-state index is 5.99. The van der Waals surface area contributed by atoms with Gasteiger partial charge in [0, 0.05) is 16.8 Å². The largest absolute Gasteiger partial charge is 0.248 e. The molecule has 0 saturated carbocycles. The third kappa shape index (κ3) is 3.06. The molecule has 0 fully saturated rings. The van der Waals surface area contributed by atoms with Crippen molar-refractivity contribution in [3.8, 4) is 0 Å². The van der Waals surface area contributed by atoms with Gasteiger partial charge in [-0.1, -0.05) is 60.1 Å². The van der Waals surface area contributed by atoms with Gasteiger partial charge in [0.1, 0.15) is 0 Å². The minimum atomic E-state index is 0.710. The molecule has 0 amide bonds. The lowest BCUT2D eigenvalue weighted by atomic mass is 10.1. The minimum Gasteiger partial charge on any atom is -0.248 e. The highest BCUT2D eigenvalue weighted by Crippen LogP contribution is 2.18. The van der Waals surface area contributed by atoms with Crippen LogP contribution in [0.25, 0.3) is 17.0 Å². The number of hydrogen-bond donors (Lipinski definition) is 0. The fraction of sp³-hybridized carbons (Fsp3) is 0. The van der Waals surface area contributed by atoms with Crippen molar-refractivity contribution in [1.29, 1.82) is 0 Å². The van der Waals surface area contributed by atoms with Crippen molar-refractivity contribution < 1.29 is 0 Å². The van der Waals surface area contributed by atoms with Crippen molar-refractivity contribution in [2.45, 2.75) is 0 Å². The molecule has 0 saturated heterocycles. The second-order valence-electron chi connectivity index (χ2n) is 4.51. The third-order valence-electron chi connectivity index (χ3n) is 3.03. The first-order valence-corrected chi connectivity index (χ1v) is 6.82. The third-order valence-corrected chi connectivity index (χ3v) is 3.27. The molecular formula is C18H13ClN. The molecule has 97 valence electrons. The fourth-order valence-corrected chi connectivity index (χ4v) is 2.19. The van der Waals surface area contributed by atoms with Crippen LogP contribution in [-0.2, 0) is 0 Å². The highest BCUT2D eigenvalue weighted by Gasteiger charge is 1.97. The van der Waals surface area contributed by atoms with Gasteiger partial charge in [0.2, 0.25) is 0 Å². The molecule has 1 heterocycles. The van der Waals surface area contributed by atoms with Crippen LogP contribution in [0.2, 0.25) is 5.02 Å². The topological polar surface area (TPSA) is 12.9 Å². The summed E-state index contributed by atoms with van der Waals surface area (Å²) in [5, 5.41) is 1.81. The number of rotatable bonds is 3. The zero-order valence-electron chi connectivity index (χ0n) is 10.8. The average molecular weight is 279 g/mol. The van der Waals surface area contributed by atoms with E-state index in [9.17, 15) is 0 Å². The van der Waals surface area contributed by atoms with E-state index >= 15 is 0 Å². The number of halogens is 1. The van der Waals surface area contributed by atoms with Gasteiger partial charge in [-0.2, -0.15) is 0 Å². The summed E-state index contributed by atoms with van der Waals surface area (Å²) in [6.45, 7) is 0. The molecule has 0 bridgehead atoms. The second-order valence-corrected chi connectivity index (χ2v) is 4.95. The zero-order chi connectivity index (χ0) is 13.8. The molecule has 20 heavy (non-hydrogen) atoms. The van der Waals surface area contributed by atoms with E-state index in [1.165, 1.54) is 5.56 Å². The smallest absolute Gasteiger partial charge is 0.0724 e. The Morgan fingerprint density at radius 3 is 2.55 bits per heavy atom. The summed E-state index contributed by atoms with van der Waals surface area (Å²) in [7, 11) is 0. The van der Waals surface area contributed by atoms with Gasteiger partial charge in [-0.3, -0.25) is 0 Å². The first kappa shape index (κ1) is 12.9. The summed E-state index contributed by atoms with van der Waals surface area (Å²) < 4.78 is 0. The zero-order valence-corrected chi connectivity index (χ0v) is 11.6. The van der Waals surface area contributed by atoms with Gasteiger partial charge in [-0.25, -0.2) is 4.98 Å². The molecule has 0 spiro atoms. The Morgan fingerprint density at radius 1 is 0.900 bits per heavy atom. The lowest BCUT2D eigenvalue weighted by molar-refractivity contribution is 1.37. The number of benzene rings is 2. The van der Waals surface area contributed by atoms with E-state index in [-0.39, 0.29) is 0 Å². The van der Waals surface area contributed by atoms with Crippen LogP contribution in [0.3, 0.4) is 0 Å². The lowest BCUT2D eigenvalue weighted by Gasteiger charge is -2.00. The molecule has 3 aromatic rings. The Bertz CT molecular complexity index is 748. The lowest BCUT2D eigenvalue weighted by Crippen LogP contribution is -1.83. The molecular weight excluding hydrogens is 266 g/mol. The van der Waals surface area contributed by atoms with Crippen molar-refractivity contribution in [2.75, 3.05) is 0 Å². The fourth-order valence-electron chi connectivity index (χ4n) is 2.02. The van der Waals surface area contributed by atoms with Crippen molar-refractivity contribution in [3.05, 3.63) is 89.4 Å². The first-order valence-electron chi connectivity index (χ1n) is 6.44. The van der Waals surface area contributed by atoms with Gasteiger partial charge in [-0.15, -0.1) is 0 Å². The van der Waals surface area contributed by atoms with Crippen LogP contribution in [0.15, 0.2) is 66.7 Å². The quantitative estimate of drug-likeness (QED) is 0.645. The van der Waals surface area contributed by atoms with Gasteiger partial charge >= 0.3 is 0 Å². The molecule has 2 heteroatoms. The predicted octanol–water partition coefficient (Wildman–Crippen LogP) is 5.15. The van der Waals surface area contributed by atoms with Gasteiger partial charge in [0.05, 0.1) is 11.2 Å². The molecule has 1 radical (unpaired) electrons. The molecule has 0 unspecified atom stereocenters. The predicted molar refractivity (Wildman–Crippen MR) is 85.6 cm³/mol. The van der Waals surface area contributed by atoms with Gasteiger partial charge in [-0.05, 0) is 29.8 Å². The maximum Gasteiger partial charge on any atom is 0.0724 e. The number of fused-ring (bicyclic) bond motifs is 1. The standard InChI is InChI=1S/C18H13ClN/c19-16-11-9-15-10-12-17(20-18(15)13-16)8-4-7-14-5-2-1-3-6-14/h1-13H/b8-4+. The van der Waals surface area contributed by atoms with E-state index in [2.05, 4.69) is 29.6 Å². The molecule has 0 N–H and O–H groups in total. The van der Waals surface area contributed by atoms with Crippen LogP contribution in [0.1, 0.15) is 11.3 Å². The summed E-state index contributed by atoms with van der Waals surface area (Å²) in [6.07, 6.45) is 6.06. The molecule has 0 atom stereocenters. The Balaban J connectivity index is 1.80. The van der Waals surface area contributed by atoms with Crippen LogP contribution in [0.4, 0.5) is 0 Å². The van der Waals surface area contributed by atoms with Crippen molar-refractivity contribution in [2.24, 2.45) is 0 Å². The van der Waals surface area contributed by atoms with Crippen LogP contribution >= 0.6 is 11.6 Å².